The quantitative estimate of drug-likeness (QED) is 0.279. The number of amides is 2. The van der Waals surface area contributed by atoms with Crippen molar-refractivity contribution in [2.24, 2.45) is 5.92 Å². The minimum atomic E-state index is -3.65. The van der Waals surface area contributed by atoms with E-state index in [-0.39, 0.29) is 43.7 Å². The lowest BCUT2D eigenvalue weighted by Crippen LogP contribution is -2.51. The summed E-state index contributed by atoms with van der Waals surface area (Å²) < 4.78 is 38.1. The van der Waals surface area contributed by atoms with Gasteiger partial charge < -0.3 is 19.7 Å². The van der Waals surface area contributed by atoms with E-state index in [1.807, 2.05) is 75.4 Å². The van der Waals surface area contributed by atoms with E-state index >= 15 is 0 Å². The van der Waals surface area contributed by atoms with Crippen LogP contribution in [0.3, 0.4) is 0 Å². The topological polar surface area (TPSA) is 105 Å². The van der Waals surface area contributed by atoms with Crippen LogP contribution < -0.4 is 19.1 Å². The van der Waals surface area contributed by atoms with Crippen molar-refractivity contribution in [1.82, 2.24) is 10.2 Å². The summed E-state index contributed by atoms with van der Waals surface area (Å²) in [7, 11) is -3.65. The van der Waals surface area contributed by atoms with E-state index in [2.05, 4.69) is 5.32 Å². The summed E-state index contributed by atoms with van der Waals surface area (Å²) in [5, 5.41) is 3.03. The maximum atomic E-state index is 14.0. The van der Waals surface area contributed by atoms with E-state index in [1.54, 1.807) is 23.1 Å². The summed E-state index contributed by atoms with van der Waals surface area (Å²) >= 11 is 0. The first-order valence-electron chi connectivity index (χ1n) is 15.1. The van der Waals surface area contributed by atoms with Crippen molar-refractivity contribution in [2.45, 2.75) is 52.6 Å². The van der Waals surface area contributed by atoms with Crippen molar-refractivity contribution in [2.75, 3.05) is 36.9 Å². The number of sulfonamides is 1. The Labute approximate surface area is 261 Å². The van der Waals surface area contributed by atoms with Gasteiger partial charge in [0, 0.05) is 38.5 Å². The van der Waals surface area contributed by atoms with Crippen LogP contribution in [0.5, 0.6) is 11.5 Å². The van der Waals surface area contributed by atoms with Crippen molar-refractivity contribution in [3.05, 3.63) is 89.5 Å². The summed E-state index contributed by atoms with van der Waals surface area (Å²) in [6.07, 6.45) is 1.82. The number of nitrogens with one attached hydrogen (secondary N) is 1. The predicted octanol–water partition coefficient (Wildman–Crippen LogP) is 4.72. The molecule has 1 aliphatic heterocycles. The Balaban J connectivity index is 1.57. The molecule has 1 heterocycles. The fraction of sp³-hybridized carbons (Fsp3) is 0.412. The molecule has 0 bridgehead atoms. The highest BCUT2D eigenvalue weighted by Crippen LogP contribution is 2.35. The molecule has 3 aromatic carbocycles. The first-order chi connectivity index (χ1) is 21.0. The van der Waals surface area contributed by atoms with Gasteiger partial charge in [-0.05, 0) is 42.5 Å². The number of anilines is 1. The molecule has 0 saturated carbocycles. The number of nitrogens with zero attached hydrogens (tertiary/aromatic N) is 2. The van der Waals surface area contributed by atoms with Crippen molar-refractivity contribution in [3.8, 4) is 11.5 Å². The molecule has 2 amide bonds. The molecule has 0 fully saturated rings. The van der Waals surface area contributed by atoms with Crippen LogP contribution >= 0.6 is 0 Å². The number of fused-ring (bicyclic) bond motifs is 1. The molecule has 1 N–H and O–H groups in total. The number of carbonyl (C=O) groups excluding carboxylic acids is 2. The van der Waals surface area contributed by atoms with Gasteiger partial charge in [-0.1, -0.05) is 74.0 Å². The first-order valence-corrected chi connectivity index (χ1v) is 16.9. The van der Waals surface area contributed by atoms with Crippen LogP contribution in [0.4, 0.5) is 5.69 Å². The van der Waals surface area contributed by atoms with Gasteiger partial charge in [0.1, 0.15) is 19.3 Å². The SMILES string of the molecule is Cc1cccc(CN(C(=O)CCCN(c2ccc3c(c2)OCCO3)S(C)(=O)=O)[C@@H](Cc2ccccc2)C(=O)NCC(C)C)c1. The summed E-state index contributed by atoms with van der Waals surface area (Å²) in [6, 6.07) is 21.8. The summed E-state index contributed by atoms with van der Waals surface area (Å²) in [4.78, 5) is 29.3. The summed E-state index contributed by atoms with van der Waals surface area (Å²) in [5.74, 6) is 0.870. The lowest BCUT2D eigenvalue weighted by molar-refractivity contribution is -0.141. The normalized spacial score (nSPS) is 13.3. The molecular formula is C34H43N3O6S. The Bertz CT molecular complexity index is 1530. The van der Waals surface area contributed by atoms with Crippen LogP contribution in [0.1, 0.15) is 43.4 Å². The Morgan fingerprint density at radius 3 is 2.30 bits per heavy atom. The zero-order valence-electron chi connectivity index (χ0n) is 26.0. The van der Waals surface area contributed by atoms with Gasteiger partial charge in [-0.25, -0.2) is 8.42 Å². The third kappa shape index (κ3) is 9.22. The minimum Gasteiger partial charge on any atom is -0.486 e. The molecule has 236 valence electrons. The summed E-state index contributed by atoms with van der Waals surface area (Å²) in [5.41, 5.74) is 3.36. The van der Waals surface area contributed by atoms with Crippen LogP contribution in [0.15, 0.2) is 72.8 Å². The fourth-order valence-corrected chi connectivity index (χ4v) is 6.13. The highest BCUT2D eigenvalue weighted by molar-refractivity contribution is 7.92. The van der Waals surface area contributed by atoms with E-state index in [0.29, 0.717) is 43.4 Å². The molecule has 9 nitrogen and oxygen atoms in total. The van der Waals surface area contributed by atoms with Crippen molar-refractivity contribution >= 4 is 27.5 Å². The van der Waals surface area contributed by atoms with Gasteiger partial charge in [-0.15, -0.1) is 0 Å². The van der Waals surface area contributed by atoms with Crippen LogP contribution in [-0.2, 0) is 32.6 Å². The second-order valence-electron chi connectivity index (χ2n) is 11.6. The molecule has 0 radical (unpaired) electrons. The predicted molar refractivity (Wildman–Crippen MR) is 172 cm³/mol. The highest BCUT2D eigenvalue weighted by atomic mass is 32.2. The van der Waals surface area contributed by atoms with Crippen LogP contribution in [0.25, 0.3) is 0 Å². The maximum absolute atomic E-state index is 14.0. The molecule has 1 atom stereocenters. The smallest absolute Gasteiger partial charge is 0.243 e. The molecule has 0 saturated heterocycles. The zero-order chi connectivity index (χ0) is 31.7. The Morgan fingerprint density at radius 2 is 1.61 bits per heavy atom. The second-order valence-corrected chi connectivity index (χ2v) is 13.5. The van der Waals surface area contributed by atoms with Gasteiger partial charge in [-0.2, -0.15) is 0 Å². The third-order valence-corrected chi connectivity index (χ3v) is 8.55. The number of carbonyl (C=O) groups is 2. The van der Waals surface area contributed by atoms with Crippen molar-refractivity contribution < 1.29 is 27.5 Å². The molecule has 0 aromatic heterocycles. The van der Waals surface area contributed by atoms with E-state index < -0.39 is 16.1 Å². The van der Waals surface area contributed by atoms with Gasteiger partial charge in [0.25, 0.3) is 0 Å². The average molecular weight is 622 g/mol. The number of benzene rings is 3. The Kier molecular flexibility index (Phi) is 11.3. The van der Waals surface area contributed by atoms with Gasteiger partial charge in [0.2, 0.25) is 21.8 Å². The fourth-order valence-electron chi connectivity index (χ4n) is 5.17. The van der Waals surface area contributed by atoms with Crippen molar-refractivity contribution in [1.29, 1.82) is 0 Å². The molecule has 0 spiro atoms. The Hall–Kier alpha value is -4.05. The summed E-state index contributed by atoms with van der Waals surface area (Å²) in [6.45, 7) is 7.70. The molecule has 0 aliphatic carbocycles. The monoisotopic (exact) mass is 621 g/mol. The van der Waals surface area contributed by atoms with E-state index in [4.69, 9.17) is 9.47 Å². The van der Waals surface area contributed by atoms with Gasteiger partial charge in [-0.3, -0.25) is 13.9 Å². The van der Waals surface area contributed by atoms with Crippen LogP contribution in [0, 0.1) is 12.8 Å². The number of hydrogen-bond donors (Lipinski definition) is 1. The lowest BCUT2D eigenvalue weighted by Gasteiger charge is -2.32. The molecule has 4 rings (SSSR count). The number of rotatable bonds is 14. The zero-order valence-corrected chi connectivity index (χ0v) is 26.8. The molecular weight excluding hydrogens is 578 g/mol. The molecule has 3 aromatic rings. The van der Waals surface area contributed by atoms with Crippen molar-refractivity contribution in [3.63, 3.8) is 0 Å². The minimum absolute atomic E-state index is 0.0607. The molecule has 10 heteroatoms. The molecule has 44 heavy (non-hydrogen) atoms. The van der Waals surface area contributed by atoms with E-state index in [9.17, 15) is 18.0 Å². The molecule has 0 unspecified atom stereocenters. The first kappa shape index (κ1) is 32.9. The van der Waals surface area contributed by atoms with Gasteiger partial charge >= 0.3 is 0 Å². The standard InChI is InChI=1S/C34H43N3O6S/c1-25(2)23-35-34(39)30(21-27-11-6-5-7-12-27)36(24-28-13-8-10-26(3)20-28)33(38)14-9-17-37(44(4,40)41)29-15-16-31-32(22-29)43-19-18-42-31/h5-8,10-13,15-16,20,22,25,30H,9,14,17-19,21,23-24H2,1-4H3,(H,35,39)/t30-/m0/s1. The lowest BCUT2D eigenvalue weighted by atomic mass is 10.0. The van der Waals surface area contributed by atoms with E-state index in [0.717, 1.165) is 22.9 Å². The number of ether oxygens (including phenoxy) is 2. The van der Waals surface area contributed by atoms with E-state index in [1.165, 1.54) is 4.31 Å². The van der Waals surface area contributed by atoms with Gasteiger partial charge in [0.05, 0.1) is 11.9 Å². The van der Waals surface area contributed by atoms with Gasteiger partial charge in [0.15, 0.2) is 11.5 Å². The number of hydrogen-bond acceptors (Lipinski definition) is 6. The molecule has 1 aliphatic rings. The maximum Gasteiger partial charge on any atom is 0.243 e. The van der Waals surface area contributed by atoms with Crippen LogP contribution in [-0.4, -0.2) is 63.7 Å². The second kappa shape index (κ2) is 15.1. The number of aryl methyl sites for hydroxylation is 1. The largest absolute Gasteiger partial charge is 0.486 e. The van der Waals surface area contributed by atoms with Crippen LogP contribution in [0.2, 0.25) is 0 Å². The Morgan fingerprint density at radius 1 is 0.909 bits per heavy atom. The highest BCUT2D eigenvalue weighted by Gasteiger charge is 2.31. The average Bonchev–Trinajstić information content (AvgIpc) is 2.99. The third-order valence-electron chi connectivity index (χ3n) is 7.36.